The van der Waals surface area contributed by atoms with Crippen molar-refractivity contribution in [3.05, 3.63) is 28.2 Å². The molecule has 1 aliphatic rings. The Morgan fingerprint density at radius 1 is 1.37 bits per heavy atom. The molecule has 1 aromatic rings. The summed E-state index contributed by atoms with van der Waals surface area (Å²) in [6.45, 7) is 2.11. The molecule has 1 atom stereocenters. The molecule has 1 aliphatic carbocycles. The third-order valence-corrected chi connectivity index (χ3v) is 4.64. The Balaban J connectivity index is 2.01. The number of carbonyl (C=O) groups is 1. The standard InChI is InChI=1S/C15H21BrN2O/c1-10(11-5-3-2-4-6-11)18-15(19)13-9-12(17)7-8-14(13)16/h7-11H,2-6,17H2,1H3,(H,18,19). The normalized spacial score (nSPS) is 18.0. The fraction of sp³-hybridized carbons (Fsp3) is 0.533. The molecule has 1 saturated carbocycles. The second kappa shape index (κ2) is 6.42. The second-order valence-electron chi connectivity index (χ2n) is 5.40. The summed E-state index contributed by atoms with van der Waals surface area (Å²) in [5.74, 6) is 0.565. The van der Waals surface area contributed by atoms with Gasteiger partial charge < -0.3 is 11.1 Å². The van der Waals surface area contributed by atoms with Crippen LogP contribution in [0.4, 0.5) is 5.69 Å². The molecule has 4 heteroatoms. The van der Waals surface area contributed by atoms with Gasteiger partial charge in [-0.25, -0.2) is 0 Å². The van der Waals surface area contributed by atoms with E-state index in [4.69, 9.17) is 5.73 Å². The number of hydrogen-bond acceptors (Lipinski definition) is 2. The predicted molar refractivity (Wildman–Crippen MR) is 82.1 cm³/mol. The molecule has 1 amide bonds. The molecular formula is C15H21BrN2O. The summed E-state index contributed by atoms with van der Waals surface area (Å²) in [4.78, 5) is 12.3. The highest BCUT2D eigenvalue weighted by atomic mass is 79.9. The number of nitrogens with one attached hydrogen (secondary N) is 1. The quantitative estimate of drug-likeness (QED) is 0.832. The van der Waals surface area contributed by atoms with Crippen LogP contribution in [0, 0.1) is 5.92 Å². The Morgan fingerprint density at radius 3 is 2.74 bits per heavy atom. The molecule has 0 saturated heterocycles. The van der Waals surface area contributed by atoms with E-state index in [1.807, 2.05) is 6.07 Å². The molecule has 3 N–H and O–H groups in total. The molecule has 0 aromatic heterocycles. The molecule has 104 valence electrons. The molecule has 1 fully saturated rings. The first-order chi connectivity index (χ1) is 9.08. The third kappa shape index (κ3) is 3.72. The van der Waals surface area contributed by atoms with E-state index in [1.54, 1.807) is 12.1 Å². The Morgan fingerprint density at radius 2 is 2.05 bits per heavy atom. The minimum atomic E-state index is -0.0442. The number of amides is 1. The van der Waals surface area contributed by atoms with Crippen molar-refractivity contribution in [3.63, 3.8) is 0 Å². The van der Waals surface area contributed by atoms with Crippen molar-refractivity contribution in [2.24, 2.45) is 5.92 Å². The molecule has 0 spiro atoms. The molecule has 1 unspecified atom stereocenters. The Hall–Kier alpha value is -1.03. The summed E-state index contributed by atoms with van der Waals surface area (Å²) in [7, 11) is 0. The third-order valence-electron chi connectivity index (χ3n) is 3.95. The lowest BCUT2D eigenvalue weighted by Crippen LogP contribution is -2.39. The Kier molecular flexibility index (Phi) is 4.86. The summed E-state index contributed by atoms with van der Waals surface area (Å²) < 4.78 is 0.787. The lowest BCUT2D eigenvalue weighted by atomic mass is 9.84. The fourth-order valence-electron chi connectivity index (χ4n) is 2.75. The number of rotatable bonds is 3. The fourth-order valence-corrected chi connectivity index (χ4v) is 3.18. The van der Waals surface area contributed by atoms with Gasteiger partial charge in [-0.2, -0.15) is 0 Å². The average Bonchev–Trinajstić information content (AvgIpc) is 2.42. The minimum Gasteiger partial charge on any atom is -0.399 e. The number of benzene rings is 1. The second-order valence-corrected chi connectivity index (χ2v) is 6.25. The molecule has 0 bridgehead atoms. The van der Waals surface area contributed by atoms with Gasteiger partial charge in [0.1, 0.15) is 0 Å². The molecule has 19 heavy (non-hydrogen) atoms. The van der Waals surface area contributed by atoms with Gasteiger partial charge in [0.25, 0.3) is 5.91 Å². The maximum Gasteiger partial charge on any atom is 0.252 e. The monoisotopic (exact) mass is 324 g/mol. The zero-order chi connectivity index (χ0) is 13.8. The number of nitrogen functional groups attached to an aromatic ring is 1. The van der Waals surface area contributed by atoms with Crippen LogP contribution in [0.15, 0.2) is 22.7 Å². The lowest BCUT2D eigenvalue weighted by molar-refractivity contribution is 0.0918. The van der Waals surface area contributed by atoms with Gasteiger partial charge in [0.2, 0.25) is 0 Å². The highest BCUT2D eigenvalue weighted by Gasteiger charge is 2.22. The van der Waals surface area contributed by atoms with Crippen molar-refractivity contribution in [2.45, 2.75) is 45.1 Å². The van der Waals surface area contributed by atoms with E-state index in [-0.39, 0.29) is 11.9 Å². The van der Waals surface area contributed by atoms with Gasteiger partial charge in [-0.15, -0.1) is 0 Å². The van der Waals surface area contributed by atoms with Gasteiger partial charge >= 0.3 is 0 Å². The van der Waals surface area contributed by atoms with Crippen LogP contribution < -0.4 is 11.1 Å². The van der Waals surface area contributed by atoms with Crippen LogP contribution in [0.1, 0.15) is 49.4 Å². The van der Waals surface area contributed by atoms with Gasteiger partial charge in [-0.1, -0.05) is 19.3 Å². The number of hydrogen-bond donors (Lipinski definition) is 2. The van der Waals surface area contributed by atoms with Crippen LogP contribution in [0.3, 0.4) is 0 Å². The van der Waals surface area contributed by atoms with E-state index in [0.29, 0.717) is 17.2 Å². The summed E-state index contributed by atoms with van der Waals surface area (Å²) in [5, 5.41) is 3.11. The molecular weight excluding hydrogens is 304 g/mol. The lowest BCUT2D eigenvalue weighted by Gasteiger charge is -2.28. The van der Waals surface area contributed by atoms with Crippen molar-refractivity contribution in [3.8, 4) is 0 Å². The molecule has 3 nitrogen and oxygen atoms in total. The molecule has 0 heterocycles. The first-order valence-corrected chi connectivity index (χ1v) is 7.73. The van der Waals surface area contributed by atoms with E-state index in [1.165, 1.54) is 32.1 Å². The van der Waals surface area contributed by atoms with Gasteiger partial charge in [-0.3, -0.25) is 4.79 Å². The van der Waals surface area contributed by atoms with Gasteiger partial charge in [0.05, 0.1) is 5.56 Å². The Labute approximate surface area is 123 Å². The van der Waals surface area contributed by atoms with E-state index >= 15 is 0 Å². The summed E-state index contributed by atoms with van der Waals surface area (Å²) in [6.07, 6.45) is 6.34. The number of anilines is 1. The number of carbonyl (C=O) groups excluding carboxylic acids is 1. The zero-order valence-electron chi connectivity index (χ0n) is 11.3. The van der Waals surface area contributed by atoms with E-state index in [2.05, 4.69) is 28.2 Å². The van der Waals surface area contributed by atoms with Gasteiger partial charge in [0.15, 0.2) is 0 Å². The summed E-state index contributed by atoms with van der Waals surface area (Å²) >= 11 is 3.40. The molecule has 0 aliphatic heterocycles. The van der Waals surface area contributed by atoms with Crippen LogP contribution in [-0.4, -0.2) is 11.9 Å². The maximum atomic E-state index is 12.3. The topological polar surface area (TPSA) is 55.1 Å². The van der Waals surface area contributed by atoms with Crippen molar-refractivity contribution in [1.29, 1.82) is 0 Å². The SMILES string of the molecule is CC(NC(=O)c1cc(N)ccc1Br)C1CCCCC1. The van der Waals surface area contributed by atoms with Crippen LogP contribution in [0.25, 0.3) is 0 Å². The van der Waals surface area contributed by atoms with Crippen LogP contribution >= 0.6 is 15.9 Å². The highest BCUT2D eigenvalue weighted by molar-refractivity contribution is 9.10. The average molecular weight is 325 g/mol. The van der Waals surface area contributed by atoms with Gasteiger partial charge in [-0.05, 0) is 59.8 Å². The zero-order valence-corrected chi connectivity index (χ0v) is 12.9. The van der Waals surface area contributed by atoms with Crippen molar-refractivity contribution in [2.75, 3.05) is 5.73 Å². The molecule has 1 aromatic carbocycles. The molecule has 2 rings (SSSR count). The minimum absolute atomic E-state index is 0.0442. The van der Waals surface area contributed by atoms with E-state index < -0.39 is 0 Å². The number of halogens is 1. The first-order valence-electron chi connectivity index (χ1n) is 6.94. The maximum absolute atomic E-state index is 12.3. The van der Waals surface area contributed by atoms with Crippen molar-refractivity contribution >= 4 is 27.5 Å². The largest absolute Gasteiger partial charge is 0.399 e. The van der Waals surface area contributed by atoms with Gasteiger partial charge in [0, 0.05) is 16.2 Å². The van der Waals surface area contributed by atoms with Crippen LogP contribution in [0.5, 0.6) is 0 Å². The molecule has 0 radical (unpaired) electrons. The number of nitrogens with two attached hydrogens (primary N) is 1. The van der Waals surface area contributed by atoms with E-state index in [9.17, 15) is 4.79 Å². The smallest absolute Gasteiger partial charge is 0.252 e. The summed E-state index contributed by atoms with van der Waals surface area (Å²) in [5.41, 5.74) is 6.96. The summed E-state index contributed by atoms with van der Waals surface area (Å²) in [6, 6.07) is 5.54. The van der Waals surface area contributed by atoms with Crippen LogP contribution in [0.2, 0.25) is 0 Å². The van der Waals surface area contributed by atoms with Crippen molar-refractivity contribution in [1.82, 2.24) is 5.32 Å². The predicted octanol–water partition coefficient (Wildman–Crippen LogP) is 3.73. The van der Waals surface area contributed by atoms with E-state index in [0.717, 1.165) is 4.47 Å². The first kappa shape index (κ1) is 14.4. The Bertz CT molecular complexity index is 455. The van der Waals surface area contributed by atoms with Crippen LogP contribution in [-0.2, 0) is 0 Å². The van der Waals surface area contributed by atoms with Crippen molar-refractivity contribution < 1.29 is 4.79 Å². The highest BCUT2D eigenvalue weighted by Crippen LogP contribution is 2.27.